The highest BCUT2D eigenvalue weighted by atomic mass is 16.4. The van der Waals surface area contributed by atoms with E-state index in [0.29, 0.717) is 17.5 Å². The average Bonchev–Trinajstić information content (AvgIpc) is 2.74. The Labute approximate surface area is 164 Å². The number of amides is 1. The highest BCUT2D eigenvalue weighted by molar-refractivity contribution is 6.07. The first-order chi connectivity index (χ1) is 13.6. The predicted molar refractivity (Wildman–Crippen MR) is 112 cm³/mol. The van der Waals surface area contributed by atoms with Crippen LogP contribution in [-0.2, 0) is 0 Å². The van der Waals surface area contributed by atoms with Gasteiger partial charge in [0.05, 0.1) is 5.39 Å². The van der Waals surface area contributed by atoms with E-state index in [2.05, 4.69) is 6.92 Å². The lowest BCUT2D eigenvalue weighted by molar-refractivity contribution is 0.0572. The van der Waals surface area contributed by atoms with E-state index in [1.54, 1.807) is 6.07 Å². The molecule has 0 spiro atoms. The van der Waals surface area contributed by atoms with Crippen LogP contribution in [0, 0.1) is 6.92 Å². The van der Waals surface area contributed by atoms with Crippen LogP contribution < -0.4 is 5.63 Å². The molecular formula is C24H25NO3. The molecular weight excluding hydrogens is 350 g/mol. The molecule has 1 aliphatic rings. The van der Waals surface area contributed by atoms with Gasteiger partial charge >= 0.3 is 5.63 Å². The molecule has 4 heteroatoms. The van der Waals surface area contributed by atoms with Crippen LogP contribution in [0.25, 0.3) is 21.9 Å². The minimum absolute atomic E-state index is 0.160. The van der Waals surface area contributed by atoms with Crippen molar-refractivity contribution in [2.24, 2.45) is 0 Å². The van der Waals surface area contributed by atoms with Gasteiger partial charge in [0, 0.05) is 23.5 Å². The third kappa shape index (κ3) is 3.24. The smallest absolute Gasteiger partial charge is 0.344 e. The van der Waals surface area contributed by atoms with Gasteiger partial charge in [-0.25, -0.2) is 4.79 Å². The molecule has 1 saturated heterocycles. The summed E-state index contributed by atoms with van der Waals surface area (Å²) in [7, 11) is 0. The fraction of sp³-hybridized carbons (Fsp3) is 0.333. The molecule has 3 aromatic rings. The summed E-state index contributed by atoms with van der Waals surface area (Å²) < 4.78 is 5.67. The molecule has 2 aromatic carbocycles. The van der Waals surface area contributed by atoms with Gasteiger partial charge in [0.25, 0.3) is 5.91 Å². The van der Waals surface area contributed by atoms with E-state index < -0.39 is 5.63 Å². The Bertz CT molecular complexity index is 1070. The van der Waals surface area contributed by atoms with Crippen LogP contribution in [-0.4, -0.2) is 23.4 Å². The van der Waals surface area contributed by atoms with E-state index in [1.165, 1.54) is 0 Å². The van der Waals surface area contributed by atoms with Gasteiger partial charge in [0.2, 0.25) is 5.76 Å². The number of piperidine rings is 1. The lowest BCUT2D eigenvalue weighted by atomic mass is 9.95. The summed E-state index contributed by atoms with van der Waals surface area (Å²) in [5.74, 6) is -0.0159. The Morgan fingerprint density at radius 2 is 1.79 bits per heavy atom. The van der Waals surface area contributed by atoms with Crippen LogP contribution in [0.1, 0.15) is 48.7 Å². The van der Waals surface area contributed by atoms with Crippen molar-refractivity contribution in [2.75, 3.05) is 6.54 Å². The van der Waals surface area contributed by atoms with Crippen molar-refractivity contribution in [3.63, 3.8) is 0 Å². The van der Waals surface area contributed by atoms with E-state index in [9.17, 15) is 9.59 Å². The average molecular weight is 375 g/mol. The van der Waals surface area contributed by atoms with Gasteiger partial charge in [0.1, 0.15) is 0 Å². The van der Waals surface area contributed by atoms with Crippen molar-refractivity contribution >= 4 is 16.7 Å². The summed E-state index contributed by atoms with van der Waals surface area (Å²) in [5.41, 5.74) is 2.28. The van der Waals surface area contributed by atoms with Crippen LogP contribution in [0.2, 0.25) is 0 Å². The first-order valence-corrected chi connectivity index (χ1v) is 10.0. The van der Waals surface area contributed by atoms with Gasteiger partial charge in [-0.1, -0.05) is 55.0 Å². The third-order valence-electron chi connectivity index (χ3n) is 5.73. The number of nitrogens with zero attached hydrogens (tertiary/aromatic N) is 1. The monoisotopic (exact) mass is 375 g/mol. The minimum atomic E-state index is -0.458. The van der Waals surface area contributed by atoms with Crippen LogP contribution in [0.5, 0.6) is 0 Å². The van der Waals surface area contributed by atoms with Gasteiger partial charge in [-0.2, -0.15) is 0 Å². The summed E-state index contributed by atoms with van der Waals surface area (Å²) in [6.07, 6.45) is 4.03. The predicted octanol–water partition coefficient (Wildman–Crippen LogP) is 5.17. The number of benzene rings is 2. The van der Waals surface area contributed by atoms with Gasteiger partial charge in [-0.05, 0) is 44.2 Å². The molecule has 1 atom stereocenters. The standard InChI is InChI=1S/C24H25NO3/c1-3-18-8-6-7-15-25(18)23(26)22-21(17-13-11-16(2)12-14-17)19-9-4-5-10-20(19)24(27)28-22/h4-5,9-14,18H,3,6-8,15H2,1-2H3/t18-/m1/s1. The van der Waals surface area contributed by atoms with Crippen molar-refractivity contribution in [1.29, 1.82) is 0 Å². The maximum Gasteiger partial charge on any atom is 0.344 e. The molecule has 1 fully saturated rings. The fourth-order valence-corrected chi connectivity index (χ4v) is 4.18. The maximum absolute atomic E-state index is 13.5. The summed E-state index contributed by atoms with van der Waals surface area (Å²) in [6, 6.07) is 15.6. The van der Waals surface area contributed by atoms with Crippen molar-refractivity contribution in [1.82, 2.24) is 4.90 Å². The lowest BCUT2D eigenvalue weighted by Crippen LogP contribution is -2.43. The molecule has 1 amide bonds. The molecule has 144 valence electrons. The Balaban J connectivity index is 1.94. The Morgan fingerprint density at radius 1 is 1.07 bits per heavy atom. The number of carbonyl (C=O) groups is 1. The van der Waals surface area contributed by atoms with Gasteiger partial charge < -0.3 is 9.32 Å². The van der Waals surface area contributed by atoms with E-state index in [1.807, 2.05) is 54.3 Å². The van der Waals surface area contributed by atoms with Gasteiger partial charge in [-0.3, -0.25) is 4.79 Å². The Morgan fingerprint density at radius 3 is 2.50 bits per heavy atom. The molecule has 0 bridgehead atoms. The summed E-state index contributed by atoms with van der Waals surface area (Å²) >= 11 is 0. The Hall–Kier alpha value is -2.88. The van der Waals surface area contributed by atoms with E-state index >= 15 is 0 Å². The zero-order valence-corrected chi connectivity index (χ0v) is 16.4. The molecule has 0 N–H and O–H groups in total. The number of fused-ring (bicyclic) bond motifs is 1. The zero-order valence-electron chi connectivity index (χ0n) is 16.4. The second-order valence-electron chi connectivity index (χ2n) is 7.56. The topological polar surface area (TPSA) is 50.5 Å². The first kappa shape index (κ1) is 18.5. The van der Waals surface area contributed by atoms with Crippen LogP contribution >= 0.6 is 0 Å². The molecule has 4 nitrogen and oxygen atoms in total. The molecule has 0 saturated carbocycles. The second kappa shape index (κ2) is 7.63. The molecule has 1 aromatic heterocycles. The second-order valence-corrected chi connectivity index (χ2v) is 7.56. The highest BCUT2D eigenvalue weighted by Crippen LogP contribution is 2.33. The first-order valence-electron chi connectivity index (χ1n) is 10.0. The molecule has 0 radical (unpaired) electrons. The number of hydrogen-bond donors (Lipinski definition) is 0. The molecule has 1 aliphatic heterocycles. The number of carbonyl (C=O) groups excluding carboxylic acids is 1. The number of rotatable bonds is 3. The van der Waals surface area contributed by atoms with E-state index in [-0.39, 0.29) is 17.7 Å². The highest BCUT2D eigenvalue weighted by Gasteiger charge is 2.31. The molecule has 0 unspecified atom stereocenters. The normalized spacial score (nSPS) is 17.1. The van der Waals surface area contributed by atoms with Gasteiger partial charge in [0.15, 0.2) is 0 Å². The van der Waals surface area contributed by atoms with Crippen molar-refractivity contribution in [2.45, 2.75) is 45.6 Å². The van der Waals surface area contributed by atoms with Crippen LogP contribution in [0.4, 0.5) is 0 Å². The summed E-state index contributed by atoms with van der Waals surface area (Å²) in [4.78, 5) is 28.1. The molecule has 28 heavy (non-hydrogen) atoms. The third-order valence-corrected chi connectivity index (χ3v) is 5.73. The quantitative estimate of drug-likeness (QED) is 0.634. The van der Waals surface area contributed by atoms with Crippen molar-refractivity contribution < 1.29 is 9.21 Å². The zero-order chi connectivity index (χ0) is 19.7. The number of hydrogen-bond acceptors (Lipinski definition) is 3. The summed E-state index contributed by atoms with van der Waals surface area (Å²) in [5, 5.41) is 1.26. The van der Waals surface area contributed by atoms with E-state index in [4.69, 9.17) is 4.42 Å². The lowest BCUT2D eigenvalue weighted by Gasteiger charge is -2.35. The largest absolute Gasteiger partial charge is 0.416 e. The molecule has 0 aliphatic carbocycles. The number of aryl methyl sites for hydroxylation is 1. The molecule has 4 rings (SSSR count). The fourth-order valence-electron chi connectivity index (χ4n) is 4.18. The van der Waals surface area contributed by atoms with Gasteiger partial charge in [-0.15, -0.1) is 0 Å². The maximum atomic E-state index is 13.5. The summed E-state index contributed by atoms with van der Waals surface area (Å²) in [6.45, 7) is 4.84. The van der Waals surface area contributed by atoms with Crippen molar-refractivity contribution in [3.8, 4) is 11.1 Å². The number of likely N-dealkylation sites (tertiary alicyclic amines) is 1. The van der Waals surface area contributed by atoms with Crippen LogP contribution in [0.3, 0.4) is 0 Å². The Kier molecular flexibility index (Phi) is 5.03. The minimum Gasteiger partial charge on any atom is -0.416 e. The van der Waals surface area contributed by atoms with Crippen LogP contribution in [0.15, 0.2) is 57.7 Å². The van der Waals surface area contributed by atoms with E-state index in [0.717, 1.165) is 42.2 Å². The molecule has 2 heterocycles. The van der Waals surface area contributed by atoms with Crippen molar-refractivity contribution in [3.05, 3.63) is 70.3 Å². The SMILES string of the molecule is CC[C@@H]1CCCCN1C(=O)c1oc(=O)c2ccccc2c1-c1ccc(C)cc1.